The Bertz CT molecular complexity index is 143. The van der Waals surface area contributed by atoms with Crippen LogP contribution in [0.4, 0.5) is 0 Å². The van der Waals surface area contributed by atoms with Crippen molar-refractivity contribution in [2.45, 2.75) is 13.8 Å². The Labute approximate surface area is 67.8 Å². The maximum absolute atomic E-state index is 10.5. The first-order chi connectivity index (χ1) is 5.18. The number of amides is 1. The van der Waals surface area contributed by atoms with E-state index in [2.05, 4.69) is 17.1 Å². The zero-order valence-corrected chi connectivity index (χ0v) is 7.26. The van der Waals surface area contributed by atoms with E-state index in [0.717, 1.165) is 13.1 Å². The Balaban J connectivity index is 1.99. The highest BCUT2D eigenvalue weighted by Crippen LogP contribution is 2.07. The summed E-state index contributed by atoms with van der Waals surface area (Å²) in [5.74, 6) is 0.657. The Morgan fingerprint density at radius 2 is 2.27 bits per heavy atom. The van der Waals surface area contributed by atoms with Gasteiger partial charge in [0.05, 0.1) is 0 Å². The van der Waals surface area contributed by atoms with E-state index in [1.807, 2.05) is 0 Å². The number of rotatable bonds is 4. The van der Waals surface area contributed by atoms with Gasteiger partial charge < -0.3 is 10.2 Å². The van der Waals surface area contributed by atoms with Crippen LogP contribution in [0.15, 0.2) is 0 Å². The van der Waals surface area contributed by atoms with Gasteiger partial charge in [-0.15, -0.1) is 0 Å². The van der Waals surface area contributed by atoms with Gasteiger partial charge in [0.1, 0.15) is 0 Å². The highest BCUT2D eigenvalue weighted by Gasteiger charge is 2.19. The molecular weight excluding hydrogens is 140 g/mol. The van der Waals surface area contributed by atoms with E-state index >= 15 is 0 Å². The first-order valence-corrected chi connectivity index (χ1v) is 4.15. The van der Waals surface area contributed by atoms with Crippen LogP contribution < -0.4 is 5.32 Å². The molecule has 11 heavy (non-hydrogen) atoms. The van der Waals surface area contributed by atoms with Gasteiger partial charge in [-0.25, -0.2) is 0 Å². The molecule has 1 amide bonds. The minimum absolute atomic E-state index is 0.0719. The van der Waals surface area contributed by atoms with Gasteiger partial charge >= 0.3 is 0 Å². The Kier molecular flexibility index (Phi) is 2.88. The summed E-state index contributed by atoms with van der Waals surface area (Å²) in [5.41, 5.74) is 0. The second kappa shape index (κ2) is 3.72. The van der Waals surface area contributed by atoms with Crippen molar-refractivity contribution in [2.75, 3.05) is 26.2 Å². The smallest absolute Gasteiger partial charge is 0.216 e. The first kappa shape index (κ1) is 8.53. The monoisotopic (exact) mass is 156 g/mol. The van der Waals surface area contributed by atoms with Crippen LogP contribution in [0.3, 0.4) is 0 Å². The minimum Gasteiger partial charge on any atom is -0.356 e. The molecule has 1 rings (SSSR count). The molecule has 0 radical (unpaired) electrons. The fraction of sp³-hybridized carbons (Fsp3) is 0.875. The predicted octanol–water partition coefficient (Wildman–Crippen LogP) is 0.0742. The molecule has 0 saturated carbocycles. The first-order valence-electron chi connectivity index (χ1n) is 4.15. The largest absolute Gasteiger partial charge is 0.356 e. The lowest BCUT2D eigenvalue weighted by Crippen LogP contribution is -2.28. The molecule has 1 heterocycles. The second-order valence-corrected chi connectivity index (χ2v) is 3.34. The molecule has 1 aliphatic heterocycles. The molecule has 3 heteroatoms. The van der Waals surface area contributed by atoms with E-state index in [-0.39, 0.29) is 5.91 Å². The molecule has 0 aromatic heterocycles. The Morgan fingerprint density at radius 3 is 2.73 bits per heavy atom. The maximum Gasteiger partial charge on any atom is 0.216 e. The molecular formula is C8H16N2O. The van der Waals surface area contributed by atoms with E-state index in [0.29, 0.717) is 5.92 Å². The summed E-state index contributed by atoms with van der Waals surface area (Å²) < 4.78 is 0. The topological polar surface area (TPSA) is 32.1 Å². The number of carbonyl (C=O) groups excluding carboxylic acids is 1. The highest BCUT2D eigenvalue weighted by molar-refractivity contribution is 5.72. The molecule has 1 unspecified atom stereocenters. The zero-order valence-electron chi connectivity index (χ0n) is 7.26. The molecule has 0 aromatic rings. The predicted molar refractivity (Wildman–Crippen MR) is 44.3 cm³/mol. The van der Waals surface area contributed by atoms with Crippen molar-refractivity contribution in [3.05, 3.63) is 0 Å². The van der Waals surface area contributed by atoms with E-state index in [9.17, 15) is 4.79 Å². The van der Waals surface area contributed by atoms with Crippen molar-refractivity contribution in [3.8, 4) is 0 Å². The third kappa shape index (κ3) is 3.98. The standard InChI is InChI=1S/C8H16N2O/c1-7(5-9-8(2)11)6-10-3-4-10/h7H,3-6H2,1-2H3,(H,9,11). The SMILES string of the molecule is CC(=O)NCC(C)CN1CC1. The summed E-state index contributed by atoms with van der Waals surface area (Å²) in [6.45, 7) is 8.14. The lowest BCUT2D eigenvalue weighted by Gasteiger charge is -2.11. The molecule has 0 aliphatic carbocycles. The van der Waals surface area contributed by atoms with Crippen LogP contribution in [0, 0.1) is 5.92 Å². The fourth-order valence-electron chi connectivity index (χ4n) is 1.08. The average molecular weight is 156 g/mol. The molecule has 1 saturated heterocycles. The fourth-order valence-corrected chi connectivity index (χ4v) is 1.08. The number of carbonyl (C=O) groups is 1. The molecule has 0 aromatic carbocycles. The molecule has 0 bridgehead atoms. The van der Waals surface area contributed by atoms with Crippen molar-refractivity contribution in [3.63, 3.8) is 0 Å². The van der Waals surface area contributed by atoms with Crippen LogP contribution in [0.1, 0.15) is 13.8 Å². The number of nitrogens with one attached hydrogen (secondary N) is 1. The minimum atomic E-state index is 0.0719. The zero-order chi connectivity index (χ0) is 8.27. The Hall–Kier alpha value is -0.570. The van der Waals surface area contributed by atoms with Gasteiger partial charge in [-0.3, -0.25) is 4.79 Å². The van der Waals surface area contributed by atoms with E-state index in [1.165, 1.54) is 13.1 Å². The summed E-state index contributed by atoms with van der Waals surface area (Å²) >= 11 is 0. The molecule has 64 valence electrons. The van der Waals surface area contributed by atoms with Crippen LogP contribution in [0.25, 0.3) is 0 Å². The Morgan fingerprint density at radius 1 is 1.64 bits per heavy atom. The van der Waals surface area contributed by atoms with Crippen LogP contribution in [0.5, 0.6) is 0 Å². The third-order valence-electron chi connectivity index (χ3n) is 1.81. The third-order valence-corrected chi connectivity index (χ3v) is 1.81. The van der Waals surface area contributed by atoms with E-state index in [4.69, 9.17) is 0 Å². The summed E-state index contributed by atoms with van der Waals surface area (Å²) in [4.78, 5) is 12.9. The quantitative estimate of drug-likeness (QED) is 0.584. The molecule has 1 N–H and O–H groups in total. The second-order valence-electron chi connectivity index (χ2n) is 3.34. The summed E-state index contributed by atoms with van der Waals surface area (Å²) in [6.07, 6.45) is 0. The van der Waals surface area contributed by atoms with Gasteiger partial charge in [-0.05, 0) is 5.92 Å². The highest BCUT2D eigenvalue weighted by atomic mass is 16.1. The summed E-state index contributed by atoms with van der Waals surface area (Å²) in [7, 11) is 0. The van der Waals surface area contributed by atoms with Crippen molar-refractivity contribution in [1.29, 1.82) is 0 Å². The van der Waals surface area contributed by atoms with Gasteiger partial charge in [0.2, 0.25) is 5.91 Å². The molecule has 1 atom stereocenters. The average Bonchev–Trinajstić information content (AvgIpc) is 2.67. The molecule has 0 spiro atoms. The summed E-state index contributed by atoms with van der Waals surface area (Å²) in [5, 5.41) is 2.81. The van der Waals surface area contributed by atoms with Crippen LogP contribution in [0.2, 0.25) is 0 Å². The number of hydrogen-bond acceptors (Lipinski definition) is 2. The normalized spacial score (nSPS) is 19.5. The molecule has 1 fully saturated rings. The van der Waals surface area contributed by atoms with Gasteiger partial charge in [0.15, 0.2) is 0 Å². The van der Waals surface area contributed by atoms with E-state index in [1.54, 1.807) is 6.92 Å². The number of hydrogen-bond donors (Lipinski definition) is 1. The van der Waals surface area contributed by atoms with Crippen molar-refractivity contribution >= 4 is 5.91 Å². The lowest BCUT2D eigenvalue weighted by molar-refractivity contribution is -0.119. The molecule has 1 aliphatic rings. The molecule has 3 nitrogen and oxygen atoms in total. The van der Waals surface area contributed by atoms with Crippen molar-refractivity contribution < 1.29 is 4.79 Å². The number of nitrogens with zero attached hydrogens (tertiary/aromatic N) is 1. The maximum atomic E-state index is 10.5. The van der Waals surface area contributed by atoms with Gasteiger partial charge in [0, 0.05) is 33.1 Å². The van der Waals surface area contributed by atoms with Gasteiger partial charge in [-0.2, -0.15) is 0 Å². The van der Waals surface area contributed by atoms with Crippen molar-refractivity contribution in [2.24, 2.45) is 5.92 Å². The van der Waals surface area contributed by atoms with Crippen LogP contribution in [-0.2, 0) is 4.79 Å². The van der Waals surface area contributed by atoms with E-state index < -0.39 is 0 Å². The lowest BCUT2D eigenvalue weighted by atomic mass is 10.2. The van der Waals surface area contributed by atoms with Crippen molar-refractivity contribution in [1.82, 2.24) is 10.2 Å². The van der Waals surface area contributed by atoms with Gasteiger partial charge in [-0.1, -0.05) is 6.92 Å². The van der Waals surface area contributed by atoms with Crippen LogP contribution in [-0.4, -0.2) is 37.0 Å². The summed E-state index contributed by atoms with van der Waals surface area (Å²) in [6, 6.07) is 0. The van der Waals surface area contributed by atoms with Crippen LogP contribution >= 0.6 is 0 Å². The van der Waals surface area contributed by atoms with Gasteiger partial charge in [0.25, 0.3) is 0 Å².